The molecular formula is C48H41BN2. The molecule has 7 aromatic carbocycles. The largest absolute Gasteiger partial charge is 0.309 e. The summed E-state index contributed by atoms with van der Waals surface area (Å²) in [5.74, 6) is 0. The monoisotopic (exact) mass is 656 g/mol. The van der Waals surface area contributed by atoms with Gasteiger partial charge in [-0.15, -0.1) is 0 Å². The van der Waals surface area contributed by atoms with Crippen molar-refractivity contribution in [3.8, 4) is 11.4 Å². The van der Waals surface area contributed by atoms with Crippen LogP contribution in [0.15, 0.2) is 140 Å². The molecule has 3 heteroatoms. The number of hydrogen-bond donors (Lipinski definition) is 0. The molecule has 0 aliphatic carbocycles. The molecule has 0 spiro atoms. The minimum absolute atomic E-state index is 0.103. The second kappa shape index (κ2) is 11.9. The van der Waals surface area contributed by atoms with E-state index in [0.717, 1.165) is 0 Å². The summed E-state index contributed by atoms with van der Waals surface area (Å²) < 4.78 is 4.95. The molecule has 0 aliphatic rings. The lowest BCUT2D eigenvalue weighted by atomic mass is 9.34. The van der Waals surface area contributed by atoms with Crippen LogP contribution in [-0.4, -0.2) is 15.8 Å². The summed E-state index contributed by atoms with van der Waals surface area (Å²) in [4.78, 5) is 0. The van der Waals surface area contributed by atoms with E-state index in [0.29, 0.717) is 0 Å². The van der Waals surface area contributed by atoms with Gasteiger partial charge >= 0.3 is 0 Å². The van der Waals surface area contributed by atoms with Crippen LogP contribution in [0.1, 0.15) is 33.4 Å². The number of hydrogen-bond acceptors (Lipinski definition) is 0. The number of aryl methyl sites for hydroxylation is 6. The molecule has 2 heterocycles. The van der Waals surface area contributed by atoms with Crippen molar-refractivity contribution in [3.05, 3.63) is 173 Å². The van der Waals surface area contributed by atoms with Crippen molar-refractivity contribution >= 4 is 66.7 Å². The average Bonchev–Trinajstić information content (AvgIpc) is 3.63. The molecule has 0 radical (unpaired) electrons. The second-order valence-corrected chi connectivity index (χ2v) is 14.5. The Kier molecular flexibility index (Phi) is 7.29. The van der Waals surface area contributed by atoms with E-state index in [1.54, 1.807) is 0 Å². The minimum Gasteiger partial charge on any atom is -0.309 e. The smallest absolute Gasteiger partial charge is 0.242 e. The molecule has 0 unspecified atom stereocenters. The Hall–Kier alpha value is -5.80. The highest BCUT2D eigenvalue weighted by molar-refractivity contribution is 6.96. The topological polar surface area (TPSA) is 9.86 Å². The molecule has 0 atom stereocenters. The predicted octanol–water partition coefficient (Wildman–Crippen LogP) is 10.2. The Morgan fingerprint density at radius 2 is 0.922 bits per heavy atom. The van der Waals surface area contributed by atoms with Crippen LogP contribution < -0.4 is 16.4 Å². The van der Waals surface area contributed by atoms with E-state index in [2.05, 4.69) is 190 Å². The quantitative estimate of drug-likeness (QED) is 0.163. The maximum absolute atomic E-state index is 2.49. The molecule has 2 nitrogen and oxygen atoms in total. The molecule has 246 valence electrons. The van der Waals surface area contributed by atoms with Crippen LogP contribution in [-0.2, 0) is 0 Å². The standard InChI is InChI=1S/C48H41BN2/c1-30-25-32(3)46(33(4)26-30)49(47-34(5)27-31(2)28-35(47)6)36-15-14-18-38(29-36)50-43-22-13-11-20-41(43)45-44(50)24-23-40-39-19-10-12-21-42(39)51(48(40)45)37-16-8-7-9-17-37/h7-29H,1-6H3. The molecule has 9 aromatic rings. The first-order valence-corrected chi connectivity index (χ1v) is 18.1. The molecule has 0 saturated carbocycles. The van der Waals surface area contributed by atoms with Crippen LogP contribution >= 0.6 is 0 Å². The normalized spacial score (nSPS) is 11.7. The Balaban J connectivity index is 1.36. The highest BCUT2D eigenvalue weighted by Gasteiger charge is 2.29. The Morgan fingerprint density at radius 3 is 1.55 bits per heavy atom. The maximum atomic E-state index is 2.49. The zero-order valence-corrected chi connectivity index (χ0v) is 30.3. The zero-order chi connectivity index (χ0) is 35.0. The summed E-state index contributed by atoms with van der Waals surface area (Å²) in [6.45, 7) is 13.7. The first kappa shape index (κ1) is 31.2. The van der Waals surface area contributed by atoms with Crippen molar-refractivity contribution in [1.29, 1.82) is 0 Å². The maximum Gasteiger partial charge on any atom is 0.242 e. The Bertz CT molecular complexity index is 2710. The third-order valence-corrected chi connectivity index (χ3v) is 11.0. The lowest BCUT2D eigenvalue weighted by Gasteiger charge is -2.25. The van der Waals surface area contributed by atoms with Gasteiger partial charge in [0, 0.05) is 32.9 Å². The lowest BCUT2D eigenvalue weighted by Crippen LogP contribution is -2.55. The fraction of sp³-hybridized carbons (Fsp3) is 0.125. The first-order valence-electron chi connectivity index (χ1n) is 18.1. The van der Waals surface area contributed by atoms with Gasteiger partial charge in [-0.1, -0.05) is 147 Å². The first-order chi connectivity index (χ1) is 24.8. The SMILES string of the molecule is Cc1cc(C)c(B(c2cccc(-n3c4ccccc4c4c3ccc3c5ccccc5n(-c5ccccc5)c34)c2)c2c(C)cc(C)cc2C)c(C)c1. The van der Waals surface area contributed by atoms with Gasteiger partial charge in [-0.05, 0) is 84.0 Å². The Morgan fingerprint density at radius 1 is 0.392 bits per heavy atom. The van der Waals surface area contributed by atoms with Crippen molar-refractivity contribution in [2.24, 2.45) is 0 Å². The van der Waals surface area contributed by atoms with Gasteiger partial charge in [0.1, 0.15) is 0 Å². The van der Waals surface area contributed by atoms with Gasteiger partial charge in [-0.25, -0.2) is 0 Å². The Labute approximate surface area is 300 Å². The molecule has 0 N–H and O–H groups in total. The van der Waals surface area contributed by atoms with E-state index in [4.69, 9.17) is 0 Å². The van der Waals surface area contributed by atoms with Crippen molar-refractivity contribution in [2.45, 2.75) is 41.5 Å². The van der Waals surface area contributed by atoms with Gasteiger partial charge in [-0.2, -0.15) is 0 Å². The minimum atomic E-state index is 0.103. The van der Waals surface area contributed by atoms with Gasteiger partial charge in [0.15, 0.2) is 0 Å². The summed E-state index contributed by atoms with van der Waals surface area (Å²) in [7, 11) is 0. The summed E-state index contributed by atoms with van der Waals surface area (Å²) in [6.07, 6.45) is 0. The van der Waals surface area contributed by atoms with Crippen molar-refractivity contribution in [1.82, 2.24) is 9.13 Å². The summed E-state index contributed by atoms with van der Waals surface area (Å²) in [5.41, 5.74) is 19.4. The number of fused-ring (bicyclic) bond motifs is 7. The molecule has 51 heavy (non-hydrogen) atoms. The van der Waals surface area contributed by atoms with Gasteiger partial charge in [0.2, 0.25) is 6.71 Å². The van der Waals surface area contributed by atoms with Crippen LogP contribution in [0.25, 0.3) is 55.0 Å². The van der Waals surface area contributed by atoms with Crippen LogP contribution in [0.4, 0.5) is 0 Å². The third kappa shape index (κ3) is 4.87. The molecule has 0 amide bonds. The average molecular weight is 657 g/mol. The number of benzene rings is 7. The van der Waals surface area contributed by atoms with E-state index in [9.17, 15) is 0 Å². The van der Waals surface area contributed by atoms with Gasteiger partial charge < -0.3 is 9.13 Å². The zero-order valence-electron chi connectivity index (χ0n) is 30.3. The van der Waals surface area contributed by atoms with Crippen LogP contribution in [0.3, 0.4) is 0 Å². The summed E-state index contributed by atoms with van der Waals surface area (Å²) in [6, 6.07) is 52.0. The number of aromatic nitrogens is 2. The fourth-order valence-electron chi connectivity index (χ4n) is 9.25. The fourth-order valence-corrected chi connectivity index (χ4v) is 9.25. The number of nitrogens with zero attached hydrogens (tertiary/aromatic N) is 2. The van der Waals surface area contributed by atoms with Crippen LogP contribution in [0.2, 0.25) is 0 Å². The third-order valence-electron chi connectivity index (χ3n) is 11.0. The molecule has 9 rings (SSSR count). The molecule has 0 aliphatic heterocycles. The van der Waals surface area contributed by atoms with Crippen LogP contribution in [0.5, 0.6) is 0 Å². The van der Waals surface area contributed by atoms with E-state index in [-0.39, 0.29) is 6.71 Å². The molecular weight excluding hydrogens is 615 g/mol. The summed E-state index contributed by atoms with van der Waals surface area (Å²) in [5, 5.41) is 5.08. The lowest BCUT2D eigenvalue weighted by molar-refractivity contribution is 1.18. The predicted molar refractivity (Wildman–Crippen MR) is 221 cm³/mol. The van der Waals surface area contributed by atoms with Crippen molar-refractivity contribution in [2.75, 3.05) is 0 Å². The summed E-state index contributed by atoms with van der Waals surface area (Å²) >= 11 is 0. The highest BCUT2D eigenvalue weighted by atomic mass is 15.0. The van der Waals surface area contributed by atoms with E-state index in [1.807, 2.05) is 0 Å². The van der Waals surface area contributed by atoms with E-state index in [1.165, 1.54) is 105 Å². The highest BCUT2D eigenvalue weighted by Crippen LogP contribution is 2.41. The molecule has 0 saturated heterocycles. The van der Waals surface area contributed by atoms with Crippen molar-refractivity contribution in [3.63, 3.8) is 0 Å². The second-order valence-electron chi connectivity index (χ2n) is 14.5. The van der Waals surface area contributed by atoms with Gasteiger partial charge in [0.25, 0.3) is 0 Å². The van der Waals surface area contributed by atoms with E-state index >= 15 is 0 Å². The van der Waals surface area contributed by atoms with Gasteiger partial charge in [0.05, 0.1) is 22.1 Å². The van der Waals surface area contributed by atoms with E-state index < -0.39 is 0 Å². The van der Waals surface area contributed by atoms with Gasteiger partial charge in [-0.3, -0.25) is 0 Å². The number of para-hydroxylation sites is 3. The van der Waals surface area contributed by atoms with Crippen LogP contribution in [0, 0.1) is 41.5 Å². The molecule has 0 fully saturated rings. The molecule has 2 aromatic heterocycles. The number of rotatable bonds is 5. The molecule has 0 bridgehead atoms. The van der Waals surface area contributed by atoms with Crippen molar-refractivity contribution < 1.29 is 0 Å².